The van der Waals surface area contributed by atoms with E-state index in [0.29, 0.717) is 0 Å². The molecule has 1 N–H and O–H groups in total. The van der Waals surface area contributed by atoms with E-state index in [9.17, 15) is 0 Å². The van der Waals surface area contributed by atoms with Crippen LogP contribution in [0.5, 0.6) is 0 Å². The second-order valence-electron chi connectivity index (χ2n) is 6.34. The minimum atomic E-state index is 1.11. The van der Waals surface area contributed by atoms with Crippen LogP contribution in [-0.4, -0.2) is 32.7 Å². The van der Waals surface area contributed by atoms with Crippen molar-refractivity contribution in [2.75, 3.05) is 47.8 Å². The Balaban J connectivity index is 0.000000149. The van der Waals surface area contributed by atoms with Gasteiger partial charge in [-0.2, -0.15) is 0 Å². The molecule has 2 aliphatic rings. The Morgan fingerprint density at radius 1 is 0.833 bits per heavy atom. The molecule has 2 heterocycles. The summed E-state index contributed by atoms with van der Waals surface area (Å²) in [5, 5.41) is 3.36. The first-order valence-electron chi connectivity index (χ1n) is 9.24. The van der Waals surface area contributed by atoms with Gasteiger partial charge in [-0.3, -0.25) is 0 Å². The zero-order valence-corrected chi connectivity index (χ0v) is 15.0. The number of hydrogen-bond acceptors (Lipinski definition) is 3. The van der Waals surface area contributed by atoms with Gasteiger partial charge in [-0.05, 0) is 50.5 Å². The number of hydrogen-bond donors (Lipinski definition) is 1. The maximum Gasteiger partial charge on any atom is 0.0604 e. The summed E-state index contributed by atoms with van der Waals surface area (Å²) in [5.41, 5.74) is 5.58. The van der Waals surface area contributed by atoms with E-state index >= 15 is 0 Å². The van der Waals surface area contributed by atoms with Crippen molar-refractivity contribution in [1.82, 2.24) is 0 Å². The molecule has 0 atom stereocenters. The van der Waals surface area contributed by atoms with Crippen LogP contribution in [0.2, 0.25) is 0 Å². The minimum Gasteiger partial charge on any atom is -0.385 e. The number of rotatable bonds is 2. The quantitative estimate of drug-likeness (QED) is 0.884. The normalized spacial score (nSPS) is 15.6. The summed E-state index contributed by atoms with van der Waals surface area (Å²) in [7, 11) is 0. The van der Waals surface area contributed by atoms with Crippen LogP contribution in [0.4, 0.5) is 17.1 Å². The van der Waals surface area contributed by atoms with Gasteiger partial charge < -0.3 is 15.1 Å². The number of aryl methyl sites for hydroxylation is 1. The number of para-hydroxylation sites is 3. The second kappa shape index (κ2) is 8.09. The first-order chi connectivity index (χ1) is 11.8. The highest BCUT2D eigenvalue weighted by molar-refractivity contribution is 5.73. The van der Waals surface area contributed by atoms with E-state index in [1.165, 1.54) is 35.5 Å². The molecule has 0 fully saturated rings. The molecule has 0 bridgehead atoms. The number of fused-ring (bicyclic) bond motifs is 2. The zero-order chi connectivity index (χ0) is 16.8. The van der Waals surface area contributed by atoms with E-state index < -0.39 is 0 Å². The lowest BCUT2D eigenvalue weighted by molar-refractivity contribution is 0.723. The first kappa shape index (κ1) is 16.7. The van der Waals surface area contributed by atoms with Gasteiger partial charge >= 0.3 is 0 Å². The van der Waals surface area contributed by atoms with Gasteiger partial charge in [0.1, 0.15) is 0 Å². The lowest BCUT2D eigenvalue weighted by Crippen LogP contribution is -2.40. The summed E-state index contributed by atoms with van der Waals surface area (Å²) in [4.78, 5) is 4.89. The lowest BCUT2D eigenvalue weighted by Gasteiger charge is -2.37. The van der Waals surface area contributed by atoms with Gasteiger partial charge in [0.15, 0.2) is 0 Å². The van der Waals surface area contributed by atoms with Crippen molar-refractivity contribution >= 4 is 17.1 Å². The minimum absolute atomic E-state index is 1.11. The molecule has 2 aromatic rings. The van der Waals surface area contributed by atoms with Crippen LogP contribution in [0, 0.1) is 0 Å². The molecule has 0 aromatic heterocycles. The summed E-state index contributed by atoms with van der Waals surface area (Å²) in [6.45, 7) is 10.1. The van der Waals surface area contributed by atoms with Crippen molar-refractivity contribution in [3.05, 3.63) is 54.1 Å². The predicted octanol–water partition coefficient (Wildman–Crippen LogP) is 4.40. The van der Waals surface area contributed by atoms with Crippen molar-refractivity contribution in [2.24, 2.45) is 0 Å². The zero-order valence-electron chi connectivity index (χ0n) is 15.0. The molecule has 0 unspecified atom stereocenters. The van der Waals surface area contributed by atoms with Crippen LogP contribution in [0.15, 0.2) is 48.5 Å². The largest absolute Gasteiger partial charge is 0.385 e. The third kappa shape index (κ3) is 3.66. The third-order valence-electron chi connectivity index (χ3n) is 4.92. The molecule has 3 nitrogen and oxygen atoms in total. The molecule has 0 aliphatic carbocycles. The van der Waals surface area contributed by atoms with Gasteiger partial charge in [0.2, 0.25) is 0 Å². The number of likely N-dealkylation sites (N-methyl/N-ethyl adjacent to an activating group) is 2. The maximum absolute atomic E-state index is 3.36. The molecule has 2 aliphatic heterocycles. The molecule has 0 amide bonds. The van der Waals surface area contributed by atoms with E-state index in [4.69, 9.17) is 0 Å². The molecule has 0 saturated carbocycles. The number of nitrogens with one attached hydrogen (secondary N) is 1. The fourth-order valence-corrected chi connectivity index (χ4v) is 3.55. The molecule has 0 saturated heterocycles. The Morgan fingerprint density at radius 2 is 1.42 bits per heavy atom. The SMILES string of the molecule is CCN1CCN(CC)c2ccccc21.c1ccc2c(c1)CCCN2. The average Bonchev–Trinajstić information content (AvgIpc) is 2.67. The van der Waals surface area contributed by atoms with E-state index in [0.717, 1.165) is 32.7 Å². The number of benzene rings is 2. The summed E-state index contributed by atoms with van der Waals surface area (Å²) in [5.74, 6) is 0. The Labute approximate surface area is 146 Å². The van der Waals surface area contributed by atoms with Crippen LogP contribution in [0.1, 0.15) is 25.8 Å². The summed E-state index contributed by atoms with van der Waals surface area (Å²) in [6, 6.07) is 17.2. The highest BCUT2D eigenvalue weighted by Crippen LogP contribution is 2.32. The van der Waals surface area contributed by atoms with Crippen LogP contribution in [-0.2, 0) is 6.42 Å². The van der Waals surface area contributed by atoms with Crippen LogP contribution in [0.3, 0.4) is 0 Å². The fourth-order valence-electron chi connectivity index (χ4n) is 3.55. The van der Waals surface area contributed by atoms with E-state index in [2.05, 4.69) is 77.5 Å². The summed E-state index contributed by atoms with van der Waals surface area (Å²) in [6.07, 6.45) is 2.51. The standard InChI is InChI=1S/C12H18N2.C9H11N/c1-3-13-9-10-14(4-2)12-8-6-5-7-11(12)13;1-2-6-9-8(4-1)5-3-7-10-9/h5-8H,3-4,9-10H2,1-2H3;1-2,4,6,10H,3,5,7H2. The molecule has 24 heavy (non-hydrogen) atoms. The van der Waals surface area contributed by atoms with Crippen LogP contribution < -0.4 is 15.1 Å². The number of anilines is 3. The molecule has 0 spiro atoms. The molecule has 0 radical (unpaired) electrons. The van der Waals surface area contributed by atoms with Gasteiger partial charge in [-0.25, -0.2) is 0 Å². The van der Waals surface area contributed by atoms with E-state index in [-0.39, 0.29) is 0 Å². The monoisotopic (exact) mass is 323 g/mol. The van der Waals surface area contributed by atoms with Crippen LogP contribution >= 0.6 is 0 Å². The van der Waals surface area contributed by atoms with Crippen molar-refractivity contribution in [2.45, 2.75) is 26.7 Å². The van der Waals surface area contributed by atoms with Crippen LogP contribution in [0.25, 0.3) is 0 Å². The van der Waals surface area contributed by atoms with Crippen molar-refractivity contribution in [3.63, 3.8) is 0 Å². The predicted molar refractivity (Wildman–Crippen MR) is 105 cm³/mol. The number of nitrogens with zero attached hydrogens (tertiary/aromatic N) is 2. The Hall–Kier alpha value is -2.16. The molecular weight excluding hydrogens is 294 g/mol. The highest BCUT2D eigenvalue weighted by atomic mass is 15.3. The highest BCUT2D eigenvalue weighted by Gasteiger charge is 2.19. The lowest BCUT2D eigenvalue weighted by atomic mass is 10.0. The van der Waals surface area contributed by atoms with Crippen molar-refractivity contribution in [3.8, 4) is 0 Å². The smallest absolute Gasteiger partial charge is 0.0604 e. The Bertz CT molecular complexity index is 597. The average molecular weight is 323 g/mol. The molecule has 4 rings (SSSR count). The third-order valence-corrected chi connectivity index (χ3v) is 4.92. The van der Waals surface area contributed by atoms with Gasteiger partial charge in [-0.1, -0.05) is 30.3 Å². The van der Waals surface area contributed by atoms with Gasteiger partial charge in [0, 0.05) is 38.4 Å². The van der Waals surface area contributed by atoms with Crippen molar-refractivity contribution in [1.29, 1.82) is 0 Å². The molecule has 128 valence electrons. The molecule has 3 heteroatoms. The van der Waals surface area contributed by atoms with Gasteiger partial charge in [0.05, 0.1) is 11.4 Å². The topological polar surface area (TPSA) is 18.5 Å². The van der Waals surface area contributed by atoms with E-state index in [1.807, 2.05) is 0 Å². The van der Waals surface area contributed by atoms with E-state index in [1.54, 1.807) is 0 Å². The Kier molecular flexibility index (Phi) is 5.63. The maximum atomic E-state index is 3.36. The summed E-state index contributed by atoms with van der Waals surface area (Å²) >= 11 is 0. The fraction of sp³-hybridized carbons (Fsp3) is 0.429. The molecule has 2 aromatic carbocycles. The summed E-state index contributed by atoms with van der Waals surface area (Å²) < 4.78 is 0. The second-order valence-corrected chi connectivity index (χ2v) is 6.34. The van der Waals surface area contributed by atoms with Gasteiger partial charge in [0.25, 0.3) is 0 Å². The van der Waals surface area contributed by atoms with Gasteiger partial charge in [-0.15, -0.1) is 0 Å². The Morgan fingerprint density at radius 3 is 2.00 bits per heavy atom. The first-order valence-corrected chi connectivity index (χ1v) is 9.24. The van der Waals surface area contributed by atoms with Crippen molar-refractivity contribution < 1.29 is 0 Å². The molecular formula is C21H29N3.